The number of methoxy groups -OCH3 is 1. The Morgan fingerprint density at radius 1 is 1.42 bits per heavy atom. The number of ether oxygens (including phenoxy) is 2. The van der Waals surface area contributed by atoms with E-state index in [4.69, 9.17) is 9.47 Å². The SMILES string of the molecule is CCCOc1cccc(C2C(C(=O)OC)=C(C)Nc3nnnn32)c1. The standard InChI is InChI=1S/C16H19N5O3/c1-4-8-24-12-7-5-6-11(9-12)14-13(15(22)23-3)10(2)17-16-18-19-20-21(14)16/h5-7,9,14H,4,8H2,1-3H3,(H,17,18,20). The minimum atomic E-state index is -0.478. The molecule has 0 aliphatic carbocycles. The molecule has 8 nitrogen and oxygen atoms in total. The van der Waals surface area contributed by atoms with Gasteiger partial charge in [0.15, 0.2) is 0 Å². The summed E-state index contributed by atoms with van der Waals surface area (Å²) in [4.78, 5) is 12.3. The number of hydrogen-bond acceptors (Lipinski definition) is 7. The Bertz CT molecular complexity index is 784. The van der Waals surface area contributed by atoms with Crippen LogP contribution in [0.1, 0.15) is 31.9 Å². The van der Waals surface area contributed by atoms with Gasteiger partial charge >= 0.3 is 5.97 Å². The smallest absolute Gasteiger partial charge is 0.338 e. The van der Waals surface area contributed by atoms with Gasteiger partial charge in [0.1, 0.15) is 11.8 Å². The van der Waals surface area contributed by atoms with Gasteiger partial charge < -0.3 is 14.8 Å². The van der Waals surface area contributed by atoms with Gasteiger partial charge in [-0.1, -0.05) is 24.2 Å². The summed E-state index contributed by atoms with van der Waals surface area (Å²) in [5, 5.41) is 14.7. The third kappa shape index (κ3) is 2.82. The Kier molecular flexibility index (Phi) is 4.45. The molecular formula is C16H19N5O3. The maximum atomic E-state index is 12.3. The number of nitrogens with one attached hydrogen (secondary N) is 1. The lowest BCUT2D eigenvalue weighted by Gasteiger charge is -2.27. The Morgan fingerprint density at radius 3 is 3.00 bits per heavy atom. The van der Waals surface area contributed by atoms with Crippen molar-refractivity contribution >= 4 is 11.9 Å². The van der Waals surface area contributed by atoms with Crippen molar-refractivity contribution in [3.05, 3.63) is 41.1 Å². The fourth-order valence-electron chi connectivity index (χ4n) is 2.69. The number of carbonyl (C=O) groups excluding carboxylic acids is 1. The van der Waals surface area contributed by atoms with Gasteiger partial charge in [0, 0.05) is 5.70 Å². The van der Waals surface area contributed by atoms with E-state index in [9.17, 15) is 4.79 Å². The second kappa shape index (κ2) is 6.69. The van der Waals surface area contributed by atoms with E-state index < -0.39 is 12.0 Å². The predicted octanol–water partition coefficient (Wildman–Crippen LogP) is 1.92. The van der Waals surface area contributed by atoms with E-state index in [2.05, 4.69) is 20.8 Å². The molecule has 1 aliphatic heterocycles. The molecule has 0 saturated carbocycles. The third-order valence-electron chi connectivity index (χ3n) is 3.77. The Labute approximate surface area is 139 Å². The van der Waals surface area contributed by atoms with Gasteiger partial charge in [-0.25, -0.2) is 4.79 Å². The van der Waals surface area contributed by atoms with E-state index in [-0.39, 0.29) is 0 Å². The molecule has 24 heavy (non-hydrogen) atoms. The largest absolute Gasteiger partial charge is 0.494 e. The Balaban J connectivity index is 2.08. The van der Waals surface area contributed by atoms with E-state index >= 15 is 0 Å². The molecule has 2 aromatic rings. The first-order valence-electron chi connectivity index (χ1n) is 7.72. The van der Waals surface area contributed by atoms with Crippen LogP contribution in [-0.2, 0) is 9.53 Å². The van der Waals surface area contributed by atoms with Crippen LogP contribution < -0.4 is 10.1 Å². The van der Waals surface area contributed by atoms with E-state index in [0.29, 0.717) is 23.8 Å². The Hall–Kier alpha value is -2.90. The number of allylic oxidation sites excluding steroid dienone is 1. The molecule has 0 spiro atoms. The molecular weight excluding hydrogens is 310 g/mol. The van der Waals surface area contributed by atoms with Gasteiger partial charge in [-0.15, -0.1) is 0 Å². The lowest BCUT2D eigenvalue weighted by Crippen LogP contribution is -2.29. The number of anilines is 1. The topological polar surface area (TPSA) is 91.2 Å². The summed E-state index contributed by atoms with van der Waals surface area (Å²) in [6, 6.07) is 7.10. The zero-order valence-corrected chi connectivity index (χ0v) is 13.8. The average Bonchev–Trinajstić information content (AvgIpc) is 3.06. The van der Waals surface area contributed by atoms with E-state index in [1.54, 1.807) is 11.6 Å². The van der Waals surface area contributed by atoms with Crippen molar-refractivity contribution in [1.82, 2.24) is 20.2 Å². The summed E-state index contributed by atoms with van der Waals surface area (Å²) in [7, 11) is 1.36. The van der Waals surface area contributed by atoms with Crippen LogP contribution in [0, 0.1) is 0 Å². The molecule has 1 unspecified atom stereocenters. The molecule has 0 fully saturated rings. The molecule has 0 radical (unpaired) electrons. The number of tetrazole rings is 1. The average molecular weight is 329 g/mol. The predicted molar refractivity (Wildman–Crippen MR) is 86.5 cm³/mol. The van der Waals surface area contributed by atoms with Crippen molar-refractivity contribution < 1.29 is 14.3 Å². The quantitative estimate of drug-likeness (QED) is 0.838. The number of aromatic nitrogens is 4. The number of fused-ring (bicyclic) bond motifs is 1. The van der Waals surface area contributed by atoms with Crippen molar-refractivity contribution in [3.63, 3.8) is 0 Å². The zero-order valence-electron chi connectivity index (χ0n) is 13.8. The number of nitrogens with zero attached hydrogens (tertiary/aromatic N) is 4. The second-order valence-electron chi connectivity index (χ2n) is 5.43. The first kappa shape index (κ1) is 16.0. The molecule has 126 valence electrons. The van der Waals surface area contributed by atoms with Crippen molar-refractivity contribution in [1.29, 1.82) is 0 Å². The molecule has 1 aromatic heterocycles. The molecule has 3 rings (SSSR count). The number of hydrogen-bond donors (Lipinski definition) is 1. The third-order valence-corrected chi connectivity index (χ3v) is 3.77. The van der Waals surface area contributed by atoms with Crippen LogP contribution in [0.15, 0.2) is 35.5 Å². The number of benzene rings is 1. The van der Waals surface area contributed by atoms with Gasteiger partial charge in [-0.05, 0) is 41.5 Å². The Morgan fingerprint density at radius 2 is 2.25 bits per heavy atom. The summed E-state index contributed by atoms with van der Waals surface area (Å²) in [5.41, 5.74) is 1.97. The molecule has 2 heterocycles. The highest BCUT2D eigenvalue weighted by Gasteiger charge is 2.34. The molecule has 1 atom stereocenters. The highest BCUT2D eigenvalue weighted by molar-refractivity contribution is 5.92. The van der Waals surface area contributed by atoms with Crippen molar-refractivity contribution in [2.45, 2.75) is 26.3 Å². The van der Waals surface area contributed by atoms with Gasteiger partial charge in [-0.2, -0.15) is 4.68 Å². The van der Waals surface area contributed by atoms with Crippen LogP contribution in [0.2, 0.25) is 0 Å². The molecule has 1 aromatic carbocycles. The molecule has 0 amide bonds. The first-order chi connectivity index (χ1) is 11.7. The van der Waals surface area contributed by atoms with E-state index in [0.717, 1.165) is 17.7 Å². The van der Waals surface area contributed by atoms with Crippen LogP contribution in [-0.4, -0.2) is 39.9 Å². The van der Waals surface area contributed by atoms with Gasteiger partial charge in [0.05, 0.1) is 19.3 Å². The van der Waals surface area contributed by atoms with Gasteiger partial charge in [0.25, 0.3) is 0 Å². The van der Waals surface area contributed by atoms with Gasteiger partial charge in [-0.3, -0.25) is 0 Å². The summed E-state index contributed by atoms with van der Waals surface area (Å²) >= 11 is 0. The normalized spacial score (nSPS) is 16.4. The molecule has 8 heteroatoms. The highest BCUT2D eigenvalue weighted by Crippen LogP contribution is 2.35. The number of rotatable bonds is 5. The summed E-state index contributed by atoms with van der Waals surface area (Å²) in [6.07, 6.45) is 0.918. The monoisotopic (exact) mass is 329 g/mol. The minimum Gasteiger partial charge on any atom is -0.494 e. The van der Waals surface area contributed by atoms with Crippen molar-refractivity contribution in [2.24, 2.45) is 0 Å². The van der Waals surface area contributed by atoms with Crippen LogP contribution in [0.25, 0.3) is 0 Å². The maximum Gasteiger partial charge on any atom is 0.338 e. The van der Waals surface area contributed by atoms with Gasteiger partial charge in [0.2, 0.25) is 5.95 Å². The lowest BCUT2D eigenvalue weighted by atomic mass is 9.95. The molecule has 1 aliphatic rings. The number of carbonyl (C=O) groups is 1. The van der Waals surface area contributed by atoms with Crippen LogP contribution in [0.3, 0.4) is 0 Å². The lowest BCUT2D eigenvalue weighted by molar-refractivity contribution is -0.136. The van der Waals surface area contributed by atoms with Crippen LogP contribution in [0.4, 0.5) is 5.95 Å². The first-order valence-corrected chi connectivity index (χ1v) is 7.72. The summed E-state index contributed by atoms with van der Waals surface area (Å²) < 4.78 is 12.2. The molecule has 1 N–H and O–H groups in total. The van der Waals surface area contributed by atoms with Crippen molar-refractivity contribution in [3.8, 4) is 5.75 Å². The second-order valence-corrected chi connectivity index (χ2v) is 5.43. The van der Waals surface area contributed by atoms with Crippen LogP contribution >= 0.6 is 0 Å². The summed E-state index contributed by atoms with van der Waals surface area (Å²) in [6.45, 7) is 4.48. The van der Waals surface area contributed by atoms with Crippen molar-refractivity contribution in [2.75, 3.05) is 19.0 Å². The highest BCUT2D eigenvalue weighted by atomic mass is 16.5. The summed E-state index contributed by atoms with van der Waals surface area (Å²) in [5.74, 6) is 0.792. The van der Waals surface area contributed by atoms with E-state index in [1.165, 1.54) is 7.11 Å². The van der Waals surface area contributed by atoms with E-state index in [1.807, 2.05) is 31.2 Å². The maximum absolute atomic E-state index is 12.3. The fraction of sp³-hybridized carbons (Fsp3) is 0.375. The zero-order chi connectivity index (χ0) is 17.1. The molecule has 0 bridgehead atoms. The van der Waals surface area contributed by atoms with Crippen LogP contribution in [0.5, 0.6) is 5.75 Å². The minimum absolute atomic E-state index is 0.425. The molecule has 0 saturated heterocycles. The number of esters is 1. The fourth-order valence-corrected chi connectivity index (χ4v) is 2.69.